The minimum atomic E-state index is -4.68. The van der Waals surface area contributed by atoms with Crippen molar-refractivity contribution >= 4 is 37.6 Å². The van der Waals surface area contributed by atoms with Crippen molar-refractivity contribution in [2.75, 3.05) is 0 Å². The molecule has 0 amide bonds. The minimum Gasteiger partial charge on any atom is -0.857 e. The van der Waals surface area contributed by atoms with Gasteiger partial charge in [0.2, 0.25) is 0 Å². The maximum absolute atomic E-state index is 12.6. The number of rotatable bonds is 6. The molecule has 2 aromatic carbocycles. The summed E-state index contributed by atoms with van der Waals surface area (Å²) in [5, 5.41) is 34.6. The zero-order chi connectivity index (χ0) is 23.0. The maximum atomic E-state index is 12.6. The van der Waals surface area contributed by atoms with Gasteiger partial charge in [-0.05, 0) is 48.5 Å². The van der Waals surface area contributed by atoms with Gasteiger partial charge in [-0.3, -0.25) is 4.55 Å². The van der Waals surface area contributed by atoms with Gasteiger partial charge in [-0.25, -0.2) is 13.1 Å². The van der Waals surface area contributed by atoms with Crippen LogP contribution in [0, 0.1) is 0 Å². The predicted octanol–water partition coefficient (Wildman–Crippen LogP) is -9.11. The van der Waals surface area contributed by atoms with E-state index in [2.05, 4.69) is 15.3 Å². The van der Waals surface area contributed by atoms with Gasteiger partial charge in [0.05, 0.1) is 27.1 Å². The molecule has 3 aromatic rings. The first-order valence-electron chi connectivity index (χ1n) is 7.95. The molecule has 0 fully saturated rings. The van der Waals surface area contributed by atoms with Gasteiger partial charge in [0.1, 0.15) is 21.5 Å². The van der Waals surface area contributed by atoms with Crippen LogP contribution in [0.5, 0.6) is 5.88 Å². The van der Waals surface area contributed by atoms with Gasteiger partial charge < -0.3 is 19.6 Å². The van der Waals surface area contributed by atoms with Crippen LogP contribution in [0.3, 0.4) is 0 Å². The minimum absolute atomic E-state index is 0. The number of aromatic carboxylic acids is 1. The number of azo groups is 1. The van der Waals surface area contributed by atoms with Crippen LogP contribution in [0.1, 0.15) is 10.5 Å². The molecule has 0 bridgehead atoms. The number of carboxylic acids is 1. The zero-order valence-electron chi connectivity index (χ0n) is 17.9. The fraction of sp³-hybridized carbons (Fsp3) is 0. The molecule has 0 saturated carbocycles. The van der Waals surface area contributed by atoms with Gasteiger partial charge in [0.15, 0.2) is 0 Å². The van der Waals surface area contributed by atoms with E-state index in [1.165, 1.54) is 0 Å². The third-order valence-electron chi connectivity index (χ3n) is 3.78. The molecule has 0 atom stereocenters. The summed E-state index contributed by atoms with van der Waals surface area (Å²) in [6.07, 6.45) is 0. The van der Waals surface area contributed by atoms with Crippen molar-refractivity contribution in [3.63, 3.8) is 0 Å². The molecule has 0 aliphatic carbocycles. The summed E-state index contributed by atoms with van der Waals surface area (Å²) in [4.78, 5) is 10.3. The van der Waals surface area contributed by atoms with Crippen molar-refractivity contribution in [3.8, 4) is 11.6 Å². The predicted molar refractivity (Wildman–Crippen MR) is 95.7 cm³/mol. The molecular weight excluding hydrogens is 525 g/mol. The third-order valence-corrected chi connectivity index (χ3v) is 5.50. The number of hydrogen-bond donors (Lipinski definition) is 1. The third kappa shape index (κ3) is 7.92. The maximum Gasteiger partial charge on any atom is 1.00 e. The quantitative estimate of drug-likeness (QED) is 0.179. The van der Waals surface area contributed by atoms with Crippen LogP contribution in [0.15, 0.2) is 68.6 Å². The average molecular weight is 534 g/mol. The number of hydrogen-bond acceptors (Lipinski definition) is 11. The molecular formula is C16H9N4Na3O9S2. The first-order chi connectivity index (χ1) is 14.4. The Labute approximate surface area is 259 Å². The summed E-state index contributed by atoms with van der Waals surface area (Å²) in [6.45, 7) is 0. The number of carbonyl (C=O) groups excluding carboxylic acids is 1. The van der Waals surface area contributed by atoms with Gasteiger partial charge in [-0.1, -0.05) is 0 Å². The zero-order valence-corrected chi connectivity index (χ0v) is 25.6. The van der Waals surface area contributed by atoms with Crippen LogP contribution in [0.25, 0.3) is 5.69 Å². The Bertz CT molecular complexity index is 1410. The van der Waals surface area contributed by atoms with Crippen molar-refractivity contribution in [3.05, 3.63) is 54.2 Å². The van der Waals surface area contributed by atoms with Gasteiger partial charge >= 0.3 is 88.7 Å². The normalized spacial score (nSPS) is 11.2. The second-order valence-electron chi connectivity index (χ2n) is 5.82. The Morgan fingerprint density at radius 2 is 1.38 bits per heavy atom. The van der Waals surface area contributed by atoms with Crippen LogP contribution in [0.4, 0.5) is 11.4 Å². The monoisotopic (exact) mass is 534 g/mol. The molecule has 13 nitrogen and oxygen atoms in total. The Morgan fingerprint density at radius 3 is 1.82 bits per heavy atom. The van der Waals surface area contributed by atoms with Crippen molar-refractivity contribution < 1.29 is 130 Å². The van der Waals surface area contributed by atoms with E-state index in [0.717, 1.165) is 48.5 Å². The number of aromatic nitrogens is 2. The SMILES string of the molecule is O=C([O-])c1nn(-c2ccc(S(=O)(=O)O)cc2)c([O-])c1N=Nc1ccc(S(=O)(=O)[O-])cc1.[Na+].[Na+].[Na+]. The van der Waals surface area contributed by atoms with Crippen LogP contribution in [0.2, 0.25) is 0 Å². The molecule has 0 radical (unpaired) electrons. The number of carboxylic acid groups (broad SMARTS) is 1. The van der Waals surface area contributed by atoms with Gasteiger partial charge in [-0.15, -0.1) is 5.11 Å². The Kier molecular flexibility index (Phi) is 12.8. The van der Waals surface area contributed by atoms with Crippen LogP contribution in [-0.4, -0.2) is 41.7 Å². The fourth-order valence-corrected chi connectivity index (χ4v) is 3.29. The summed E-state index contributed by atoms with van der Waals surface area (Å²) in [5.74, 6) is -2.87. The Morgan fingerprint density at radius 1 is 0.882 bits per heavy atom. The molecule has 0 unspecified atom stereocenters. The van der Waals surface area contributed by atoms with Crippen molar-refractivity contribution in [2.24, 2.45) is 10.2 Å². The molecule has 162 valence electrons. The summed E-state index contributed by atoms with van der Waals surface area (Å²) >= 11 is 0. The van der Waals surface area contributed by atoms with Crippen LogP contribution >= 0.6 is 0 Å². The van der Waals surface area contributed by atoms with Crippen LogP contribution < -0.4 is 98.9 Å². The van der Waals surface area contributed by atoms with Crippen molar-refractivity contribution in [2.45, 2.75) is 9.79 Å². The van der Waals surface area contributed by atoms with E-state index in [4.69, 9.17) is 4.55 Å². The van der Waals surface area contributed by atoms with Gasteiger partial charge in [-0.2, -0.15) is 18.6 Å². The largest absolute Gasteiger partial charge is 1.00 e. The van der Waals surface area contributed by atoms with E-state index in [1.54, 1.807) is 0 Å². The van der Waals surface area contributed by atoms with Gasteiger partial charge in [0, 0.05) is 5.88 Å². The Hall–Kier alpha value is -0.660. The van der Waals surface area contributed by atoms with Crippen molar-refractivity contribution in [1.82, 2.24) is 9.78 Å². The summed E-state index contributed by atoms with van der Waals surface area (Å²) in [5.41, 5.74) is -1.60. The summed E-state index contributed by atoms with van der Waals surface area (Å²) < 4.78 is 64.6. The van der Waals surface area contributed by atoms with E-state index < -0.39 is 53.3 Å². The number of nitrogens with zero attached hydrogens (tertiary/aromatic N) is 4. The fourth-order valence-electron chi connectivity index (χ4n) is 2.34. The smallest absolute Gasteiger partial charge is 0.857 e. The van der Waals surface area contributed by atoms with E-state index in [-0.39, 0.29) is 100 Å². The molecule has 0 saturated heterocycles. The van der Waals surface area contributed by atoms with E-state index in [1.807, 2.05) is 0 Å². The Balaban J connectivity index is 0.00000363. The van der Waals surface area contributed by atoms with Crippen molar-refractivity contribution in [1.29, 1.82) is 0 Å². The molecule has 1 N–H and O–H groups in total. The molecule has 0 aliphatic heterocycles. The second kappa shape index (κ2) is 13.0. The number of benzene rings is 2. The van der Waals surface area contributed by atoms with Gasteiger partial charge in [0.25, 0.3) is 10.1 Å². The van der Waals surface area contributed by atoms with E-state index in [9.17, 15) is 36.4 Å². The molecule has 0 aliphatic rings. The topological polar surface area (TPSA) is 217 Å². The van der Waals surface area contributed by atoms with Crippen LogP contribution in [-0.2, 0) is 20.2 Å². The van der Waals surface area contributed by atoms with E-state index in [0.29, 0.717) is 4.68 Å². The summed E-state index contributed by atoms with van der Waals surface area (Å²) in [6, 6.07) is 8.25. The molecule has 3 rings (SSSR count). The van der Waals surface area contributed by atoms with E-state index >= 15 is 0 Å². The average Bonchev–Trinajstić information content (AvgIpc) is 3.02. The standard InChI is InChI=1S/C16H12N4O9S2.3Na/c21-15-13(18-17-9-1-5-11(6-2-9)30(24,25)26)14(16(22)23)19-20(15)10-3-7-12(8-4-10)31(27,28)29;;;/h1-8,21H,(H,22,23)(H,24,25,26)(H,27,28,29);;;/q;3*+1/p-3. The molecule has 18 heteroatoms. The molecule has 34 heavy (non-hydrogen) atoms. The first-order valence-corrected chi connectivity index (χ1v) is 10.8. The number of carbonyl (C=O) groups is 1. The molecule has 1 heterocycles. The molecule has 0 spiro atoms. The summed E-state index contributed by atoms with van der Waals surface area (Å²) in [7, 11) is -9.16. The molecule has 1 aromatic heterocycles. The first kappa shape index (κ1) is 33.3. The second-order valence-corrected chi connectivity index (χ2v) is 8.62.